The fraction of sp³-hybridized carbons (Fsp3) is 0.483. The number of carbonyl (C=O) groups excluding carboxylic acids is 1. The van der Waals surface area contributed by atoms with E-state index in [-0.39, 0.29) is 18.6 Å². The highest BCUT2D eigenvalue weighted by molar-refractivity contribution is 6.30. The lowest BCUT2D eigenvalue weighted by atomic mass is 9.97. The van der Waals surface area contributed by atoms with Crippen LogP contribution in [0.1, 0.15) is 67.6 Å². The van der Waals surface area contributed by atoms with E-state index in [1.165, 1.54) is 0 Å². The van der Waals surface area contributed by atoms with E-state index in [1.807, 2.05) is 23.7 Å². The number of carbonyl (C=O) groups is 1. The zero-order valence-corrected chi connectivity index (χ0v) is 23.4. The lowest BCUT2D eigenvalue weighted by Gasteiger charge is -2.38. The van der Waals surface area contributed by atoms with Crippen LogP contribution in [-0.4, -0.2) is 58.7 Å². The number of halogens is 1. The second-order valence-electron chi connectivity index (χ2n) is 10.3. The van der Waals surface area contributed by atoms with Crippen LogP contribution >= 0.6 is 11.6 Å². The predicted octanol–water partition coefficient (Wildman–Crippen LogP) is 5.18. The van der Waals surface area contributed by atoms with E-state index in [0.717, 1.165) is 84.7 Å². The number of rotatable bonds is 3. The second-order valence-corrected chi connectivity index (χ2v) is 10.7. The molecule has 8 nitrogen and oxygen atoms in total. The molecule has 4 heterocycles. The van der Waals surface area contributed by atoms with Gasteiger partial charge in [-0.1, -0.05) is 31.5 Å². The highest BCUT2D eigenvalue weighted by Crippen LogP contribution is 2.40. The van der Waals surface area contributed by atoms with Crippen molar-refractivity contribution in [2.75, 3.05) is 38.2 Å². The molecule has 2 aliphatic rings. The summed E-state index contributed by atoms with van der Waals surface area (Å²) in [5.41, 5.74) is 5.70. The van der Waals surface area contributed by atoms with Crippen LogP contribution < -0.4 is 15.0 Å². The summed E-state index contributed by atoms with van der Waals surface area (Å²) in [7, 11) is 2.05. The van der Waals surface area contributed by atoms with Crippen LogP contribution in [0.5, 0.6) is 5.75 Å². The van der Waals surface area contributed by atoms with Crippen molar-refractivity contribution in [3.8, 4) is 5.75 Å². The largest absolute Gasteiger partial charge is 0.483 e. The van der Waals surface area contributed by atoms with Gasteiger partial charge >= 0.3 is 0 Å². The Balaban J connectivity index is 1.65. The number of amides is 1. The molecule has 2 aliphatic heterocycles. The van der Waals surface area contributed by atoms with Crippen LogP contribution in [0.3, 0.4) is 0 Å². The number of likely N-dealkylation sites (N-methyl/N-ethyl adjacent to an activating group) is 1. The minimum absolute atomic E-state index is 0.0542. The molecule has 1 saturated heterocycles. The molecule has 0 radical (unpaired) electrons. The zero-order valence-electron chi connectivity index (χ0n) is 22.6. The number of fused-ring (bicyclic) bond motifs is 4. The molecule has 2 bridgehead atoms. The van der Waals surface area contributed by atoms with Crippen LogP contribution in [0, 0.1) is 6.92 Å². The van der Waals surface area contributed by atoms with Crippen molar-refractivity contribution >= 4 is 34.7 Å². The van der Waals surface area contributed by atoms with Gasteiger partial charge in [0.2, 0.25) is 0 Å². The average Bonchev–Trinajstić information content (AvgIpc) is 3.33. The number of hydrogen-bond acceptors (Lipinski definition) is 6. The number of anilines is 1. The summed E-state index contributed by atoms with van der Waals surface area (Å²) in [5.74, 6) is 1.44. The molecular formula is C29H37ClN6O2. The number of unbranched alkanes of at least 4 members (excludes halogenated alkanes) is 1. The van der Waals surface area contributed by atoms with Crippen LogP contribution in [0.4, 0.5) is 5.82 Å². The Bertz CT molecular complexity index is 1350. The van der Waals surface area contributed by atoms with Gasteiger partial charge in [0.1, 0.15) is 11.6 Å². The van der Waals surface area contributed by atoms with Crippen molar-refractivity contribution in [2.24, 2.45) is 0 Å². The molecular weight excluding hydrogens is 500 g/mol. The topological polar surface area (TPSA) is 75.0 Å². The van der Waals surface area contributed by atoms with Crippen LogP contribution in [0.15, 0.2) is 30.8 Å². The molecule has 9 heteroatoms. The van der Waals surface area contributed by atoms with Gasteiger partial charge in [0.05, 0.1) is 11.7 Å². The second kappa shape index (κ2) is 11.2. The van der Waals surface area contributed by atoms with Gasteiger partial charge in [-0.3, -0.25) is 4.79 Å². The van der Waals surface area contributed by atoms with Gasteiger partial charge in [0.15, 0.2) is 12.3 Å². The molecule has 5 rings (SSSR count). The van der Waals surface area contributed by atoms with Gasteiger partial charge in [-0.25, -0.2) is 4.98 Å². The summed E-state index contributed by atoms with van der Waals surface area (Å²) < 4.78 is 7.97. The van der Waals surface area contributed by atoms with Crippen molar-refractivity contribution in [1.82, 2.24) is 24.8 Å². The van der Waals surface area contributed by atoms with Gasteiger partial charge in [0, 0.05) is 60.3 Å². The van der Waals surface area contributed by atoms with E-state index >= 15 is 0 Å². The third-order valence-electron chi connectivity index (χ3n) is 7.63. The number of hydrogen-bond donors (Lipinski definition) is 1. The molecule has 1 aromatic carbocycles. The maximum atomic E-state index is 12.7. The summed E-state index contributed by atoms with van der Waals surface area (Å²) in [6.45, 7) is 10.7. The van der Waals surface area contributed by atoms with E-state index in [0.29, 0.717) is 23.9 Å². The third kappa shape index (κ3) is 5.19. The quantitative estimate of drug-likeness (QED) is 0.497. The Labute approximate surface area is 229 Å². The molecule has 0 aliphatic carbocycles. The van der Waals surface area contributed by atoms with Crippen molar-refractivity contribution in [1.29, 1.82) is 0 Å². The minimum atomic E-state index is -0.172. The van der Waals surface area contributed by atoms with Gasteiger partial charge in [-0.2, -0.15) is 9.61 Å². The highest BCUT2D eigenvalue weighted by atomic mass is 35.5. The predicted molar refractivity (Wildman–Crippen MR) is 152 cm³/mol. The molecule has 202 valence electrons. The standard InChI is InChI=1S/C29H37ClN6O2/c1-5-6-9-23-19(2)29-34(4)15-13-31-28(37)18-38-26-12-11-21(30)16-22(26)20(3)35-14-8-7-10-25(35)24-17-27(32-23)36(29)33-24/h11-12,16-17,25H,3,5-10,13-15,18H2,1-2,4H3,(H,31,37). The first kappa shape index (κ1) is 26.4. The number of aromatic nitrogens is 3. The van der Waals surface area contributed by atoms with Crippen molar-refractivity contribution in [3.63, 3.8) is 0 Å². The first-order valence-corrected chi connectivity index (χ1v) is 14.0. The van der Waals surface area contributed by atoms with Crippen LogP contribution in [0.2, 0.25) is 5.02 Å². The molecule has 1 amide bonds. The van der Waals surface area contributed by atoms with E-state index in [2.05, 4.69) is 41.6 Å². The smallest absolute Gasteiger partial charge is 0.258 e. The molecule has 1 N–H and O–H groups in total. The summed E-state index contributed by atoms with van der Waals surface area (Å²) in [5, 5.41) is 8.73. The van der Waals surface area contributed by atoms with Gasteiger partial charge < -0.3 is 19.9 Å². The highest BCUT2D eigenvalue weighted by Gasteiger charge is 2.30. The number of nitrogens with one attached hydrogen (secondary N) is 1. The third-order valence-corrected chi connectivity index (χ3v) is 7.86. The number of nitrogens with zero attached hydrogens (tertiary/aromatic N) is 5. The molecule has 1 unspecified atom stereocenters. The lowest BCUT2D eigenvalue weighted by molar-refractivity contribution is -0.123. The minimum Gasteiger partial charge on any atom is -0.483 e. The summed E-state index contributed by atoms with van der Waals surface area (Å²) in [6.07, 6.45) is 6.27. The Morgan fingerprint density at radius 3 is 2.89 bits per heavy atom. The summed E-state index contributed by atoms with van der Waals surface area (Å²) in [6, 6.07) is 7.65. The molecule has 2 aromatic heterocycles. The fourth-order valence-electron chi connectivity index (χ4n) is 5.57. The summed E-state index contributed by atoms with van der Waals surface area (Å²) in [4.78, 5) is 22.2. The SMILES string of the molecule is C=C1c2cc(Cl)ccc2OCC(=O)NCCN(C)c2c(C)c(CCCC)nc3cc(nn23)C2CCCCN12. The molecule has 3 aromatic rings. The average molecular weight is 537 g/mol. The zero-order chi connectivity index (χ0) is 26.8. The van der Waals surface area contributed by atoms with E-state index in [4.69, 9.17) is 26.4 Å². The molecule has 0 spiro atoms. The summed E-state index contributed by atoms with van der Waals surface area (Å²) >= 11 is 6.40. The van der Waals surface area contributed by atoms with Gasteiger partial charge in [-0.15, -0.1) is 0 Å². The number of ether oxygens (including phenoxy) is 1. The van der Waals surface area contributed by atoms with Gasteiger partial charge in [0.25, 0.3) is 5.91 Å². The maximum absolute atomic E-state index is 12.7. The Morgan fingerprint density at radius 1 is 1.24 bits per heavy atom. The number of benzene rings is 1. The van der Waals surface area contributed by atoms with Crippen LogP contribution in [-0.2, 0) is 11.2 Å². The molecule has 0 saturated carbocycles. The van der Waals surface area contributed by atoms with Crippen LogP contribution in [0.25, 0.3) is 11.3 Å². The van der Waals surface area contributed by atoms with E-state index in [1.54, 1.807) is 6.07 Å². The molecule has 1 atom stereocenters. The molecule has 1 fully saturated rings. The van der Waals surface area contributed by atoms with Gasteiger partial charge in [-0.05, 0) is 57.2 Å². The molecule has 38 heavy (non-hydrogen) atoms. The monoisotopic (exact) mass is 536 g/mol. The lowest BCUT2D eigenvalue weighted by Crippen LogP contribution is -2.37. The van der Waals surface area contributed by atoms with E-state index < -0.39 is 0 Å². The Kier molecular flexibility index (Phi) is 7.79. The van der Waals surface area contributed by atoms with Crippen molar-refractivity contribution in [3.05, 3.63) is 58.4 Å². The van der Waals surface area contributed by atoms with E-state index in [9.17, 15) is 4.79 Å². The number of aryl methyl sites for hydroxylation is 1. The maximum Gasteiger partial charge on any atom is 0.258 e. The number of piperidine rings is 1. The normalized spacial score (nSPS) is 18.8. The fourth-order valence-corrected chi connectivity index (χ4v) is 5.74. The van der Waals surface area contributed by atoms with Crippen molar-refractivity contribution in [2.45, 2.75) is 58.4 Å². The van der Waals surface area contributed by atoms with Crippen molar-refractivity contribution < 1.29 is 9.53 Å². The first-order valence-electron chi connectivity index (χ1n) is 13.6. The Morgan fingerprint density at radius 2 is 2.08 bits per heavy atom. The Hall–Kier alpha value is -3.26. The first-order chi connectivity index (χ1) is 18.4.